The van der Waals surface area contributed by atoms with E-state index in [1.807, 2.05) is 91.6 Å². The molecule has 0 fully saturated rings. The summed E-state index contributed by atoms with van der Waals surface area (Å²) in [5, 5.41) is 0.560. The Morgan fingerprint density at radius 3 is 1.80 bits per heavy atom. The van der Waals surface area contributed by atoms with Gasteiger partial charge in [0.2, 0.25) is 5.95 Å². The Balaban J connectivity index is 0.00000752. The van der Waals surface area contributed by atoms with Crippen LogP contribution in [-0.4, -0.2) is 14.1 Å². The number of imidazole rings is 1. The summed E-state index contributed by atoms with van der Waals surface area (Å²) >= 11 is 0. The van der Waals surface area contributed by atoms with E-state index in [1.165, 1.54) is 4.57 Å². The molecule has 382 valence electrons. The number of ether oxygens (including phenoxy) is 1. The number of hydrogen-bond acceptors (Lipinski definition) is 4. The summed E-state index contributed by atoms with van der Waals surface area (Å²) in [7, 11) is 0. The van der Waals surface area contributed by atoms with Crippen LogP contribution in [0.5, 0.6) is 11.5 Å². The van der Waals surface area contributed by atoms with Crippen molar-refractivity contribution >= 4 is 55.6 Å². The summed E-state index contributed by atoms with van der Waals surface area (Å²) in [6.45, 7) is 18.7. The molecule has 0 N–H and O–H groups in total. The van der Waals surface area contributed by atoms with Gasteiger partial charge in [0.05, 0.1) is 19.3 Å². The molecule has 0 amide bonds. The maximum atomic E-state index is 10.1. The number of aryl methyl sites for hydroxylation is 1. The van der Waals surface area contributed by atoms with Gasteiger partial charge in [0.1, 0.15) is 0 Å². The Kier molecular flexibility index (Phi) is 10.2. The topological polar surface area (TPSA) is 38.5 Å². The van der Waals surface area contributed by atoms with Gasteiger partial charge in [-0.2, -0.15) is 6.07 Å². The number of benzene rings is 9. The molecule has 0 saturated heterocycles. The zero-order chi connectivity index (χ0) is 59.7. The predicted molar refractivity (Wildman–Crippen MR) is 313 cm³/mol. The zero-order valence-corrected chi connectivity index (χ0v) is 46.2. The number of nitrogens with zero attached hydrogens (tertiary/aromatic N) is 5. The van der Waals surface area contributed by atoms with Gasteiger partial charge in [-0.3, -0.25) is 0 Å². The minimum Gasteiger partial charge on any atom is -0.509 e. The summed E-state index contributed by atoms with van der Waals surface area (Å²) in [4.78, 5) is 9.02. The number of aromatic nitrogens is 3. The maximum absolute atomic E-state index is 10.1. The van der Waals surface area contributed by atoms with Crippen LogP contribution < -0.4 is 14.5 Å². The van der Waals surface area contributed by atoms with Crippen LogP contribution >= 0.6 is 0 Å². The van der Waals surface area contributed by atoms with E-state index in [1.54, 1.807) is 36.4 Å². The molecule has 2 aromatic heterocycles. The van der Waals surface area contributed by atoms with E-state index in [9.17, 15) is 5.48 Å². The van der Waals surface area contributed by atoms with Crippen LogP contribution in [-0.2, 0) is 44.3 Å². The third-order valence-electron chi connectivity index (χ3n) is 14.0. The van der Waals surface area contributed by atoms with Crippen LogP contribution in [0.15, 0.2) is 188 Å². The first-order chi connectivity index (χ1) is 39.7. The molecule has 3 heterocycles. The van der Waals surface area contributed by atoms with E-state index < -0.39 is 24.5 Å². The number of para-hydroxylation sites is 5. The van der Waals surface area contributed by atoms with Gasteiger partial charge in [0, 0.05) is 77.4 Å². The quantitative estimate of drug-likeness (QED) is 0.142. The third kappa shape index (κ3) is 8.90. The molecule has 12 rings (SSSR count). The third-order valence-corrected chi connectivity index (χ3v) is 14.0. The number of anilines is 4. The summed E-state index contributed by atoms with van der Waals surface area (Å²) in [5.41, 5.74) is 10.5. The van der Waals surface area contributed by atoms with Crippen molar-refractivity contribution in [2.75, 3.05) is 9.80 Å². The second kappa shape index (κ2) is 19.2. The molecule has 0 bridgehead atoms. The fraction of sp³-hybridized carbons (Fsp3) is 0.188. The Morgan fingerprint density at radius 2 is 1.17 bits per heavy atom. The first kappa shape index (κ1) is 40.6. The van der Waals surface area contributed by atoms with Gasteiger partial charge in [0.25, 0.3) is 0 Å². The Hall–Kier alpha value is -7.66. The molecule has 0 saturated carbocycles. The van der Waals surface area contributed by atoms with Gasteiger partial charge in [0.15, 0.2) is 0 Å². The van der Waals surface area contributed by atoms with Gasteiger partial charge < -0.3 is 23.7 Å². The Bertz CT molecular complexity index is 4360. The van der Waals surface area contributed by atoms with Crippen LogP contribution in [0.4, 0.5) is 22.7 Å². The summed E-state index contributed by atoms with van der Waals surface area (Å²) < 4.78 is 92.2. The number of fused-ring (bicyclic) bond motifs is 5. The number of rotatable bonds is 8. The van der Waals surface area contributed by atoms with E-state index in [0.29, 0.717) is 50.2 Å². The van der Waals surface area contributed by atoms with Crippen LogP contribution in [0.2, 0.25) is 0 Å². The largest absolute Gasteiger partial charge is 0.509 e. The molecule has 0 radical (unpaired) electrons. The summed E-state index contributed by atoms with van der Waals surface area (Å²) in [6, 6.07) is 54.9. The van der Waals surface area contributed by atoms with Crippen LogP contribution in [0.25, 0.3) is 72.2 Å². The average molecular weight is 1180 g/mol. The maximum Gasteiger partial charge on any atom is 0.213 e. The molecule has 9 aromatic carbocycles. The van der Waals surface area contributed by atoms with E-state index in [-0.39, 0.29) is 84.2 Å². The standard InChI is InChI=1S/C69H62N5O.Pt/c1-67(2,3)48-40-54(45-24-13-11-14-25-45)65(55(41-48)46-26-15-12-16-27-46)73-44-72(61-34-21-22-35-62(61)73)49-38-47(64-56(68(4,5)6)29-23-30-57(64)69(7,8)9)39-51(42-49)75-50-36-37-53-52-28-17-19-32-59(52)74(63(53)43-50)66-70-58-31-18-20-33-60(58)71(66)10;/h11-41,44H,1-10H3;/q-3;/i10D3,17D,19D,28D,32D,40D,41D;. The van der Waals surface area contributed by atoms with Crippen molar-refractivity contribution in [3.63, 3.8) is 0 Å². The molecule has 0 atom stereocenters. The number of hydrogen-bond donors (Lipinski definition) is 0. The van der Waals surface area contributed by atoms with Crippen molar-refractivity contribution in [3.05, 3.63) is 223 Å². The summed E-state index contributed by atoms with van der Waals surface area (Å²) in [5.74, 6) is 0.412. The first-order valence-electron chi connectivity index (χ1n) is 29.9. The monoisotopic (exact) mass is 1180 g/mol. The van der Waals surface area contributed by atoms with Crippen molar-refractivity contribution in [2.45, 2.75) is 78.6 Å². The molecular formula is C69H62N5OPt-3. The second-order valence-corrected chi connectivity index (χ2v) is 22.4. The van der Waals surface area contributed by atoms with Crippen LogP contribution in [0.3, 0.4) is 0 Å². The SMILES string of the molecule is [2H]c1c(-c2ccccc2)c(N2[CH-]N(c3[c-]c(Oc4[c-]c5c(cc4)c4c([2H])c([2H])c([2H])c([2H])c4n5-c4nc5ccccc5n4C([2H])([2H])[2H])cc(-c4c(C(C)(C)C)cccc4C(C)(C)C)c3)c3ccccc32)c(-c2ccccc2)c([2H])c1C(C)(C)C.[Pt]. The molecule has 0 aliphatic carbocycles. The van der Waals surface area contributed by atoms with Crippen molar-refractivity contribution < 1.29 is 38.1 Å². The smallest absolute Gasteiger partial charge is 0.213 e. The zero-order valence-electron chi connectivity index (χ0n) is 53.0. The fourth-order valence-electron chi connectivity index (χ4n) is 10.4. The Morgan fingerprint density at radius 1 is 0.566 bits per heavy atom. The molecule has 6 nitrogen and oxygen atoms in total. The van der Waals surface area contributed by atoms with E-state index >= 15 is 0 Å². The second-order valence-electron chi connectivity index (χ2n) is 22.4. The molecule has 0 unspecified atom stereocenters. The normalized spacial score (nSPS) is 14.8. The molecule has 0 spiro atoms. The van der Waals surface area contributed by atoms with Gasteiger partial charge in [-0.25, -0.2) is 4.98 Å². The average Bonchev–Trinajstić information content (AvgIpc) is 1.69. The molecule has 1 aliphatic heterocycles. The van der Waals surface area contributed by atoms with E-state index in [0.717, 1.165) is 49.3 Å². The van der Waals surface area contributed by atoms with Gasteiger partial charge >= 0.3 is 0 Å². The van der Waals surface area contributed by atoms with Crippen LogP contribution in [0.1, 0.15) is 91.3 Å². The molecular weight excluding hydrogens is 1110 g/mol. The molecule has 7 heteroatoms. The Labute approximate surface area is 475 Å². The molecule has 76 heavy (non-hydrogen) atoms. The van der Waals surface area contributed by atoms with E-state index in [4.69, 9.17) is 16.6 Å². The summed E-state index contributed by atoms with van der Waals surface area (Å²) in [6.07, 6.45) is 0. The molecule has 11 aromatic rings. The van der Waals surface area contributed by atoms with Gasteiger partial charge in [-0.15, -0.1) is 53.6 Å². The minimum absolute atomic E-state index is 0. The van der Waals surface area contributed by atoms with E-state index in [2.05, 4.69) is 115 Å². The van der Waals surface area contributed by atoms with Gasteiger partial charge in [-0.05, 0) is 97.4 Å². The van der Waals surface area contributed by atoms with Gasteiger partial charge in [-0.1, -0.05) is 189 Å². The predicted octanol–water partition coefficient (Wildman–Crippen LogP) is 18.4. The van der Waals surface area contributed by atoms with Crippen molar-refractivity contribution in [3.8, 4) is 50.8 Å². The fourth-order valence-corrected chi connectivity index (χ4v) is 10.4. The molecule has 1 aliphatic rings. The van der Waals surface area contributed by atoms with Crippen molar-refractivity contribution in [2.24, 2.45) is 6.98 Å². The van der Waals surface area contributed by atoms with Crippen molar-refractivity contribution in [1.82, 2.24) is 14.1 Å². The van der Waals surface area contributed by atoms with Crippen LogP contribution in [0, 0.1) is 18.8 Å². The van der Waals surface area contributed by atoms with Crippen molar-refractivity contribution in [1.29, 1.82) is 0 Å². The minimum atomic E-state index is -2.76. The first-order valence-corrected chi connectivity index (χ1v) is 25.4.